The summed E-state index contributed by atoms with van der Waals surface area (Å²) < 4.78 is 9.76. The van der Waals surface area contributed by atoms with Crippen LogP contribution in [0.1, 0.15) is 28.8 Å². The van der Waals surface area contributed by atoms with Gasteiger partial charge in [0.15, 0.2) is 0 Å². The summed E-state index contributed by atoms with van der Waals surface area (Å²) in [6.07, 6.45) is -0.700. The van der Waals surface area contributed by atoms with Crippen molar-refractivity contribution in [2.45, 2.75) is 20.8 Å². The van der Waals surface area contributed by atoms with E-state index < -0.39 is 12.0 Å². The smallest absolute Gasteiger partial charge is 0.426 e. The van der Waals surface area contributed by atoms with E-state index >= 15 is 0 Å². The van der Waals surface area contributed by atoms with Crippen molar-refractivity contribution < 1.29 is 18.7 Å². The van der Waals surface area contributed by atoms with Crippen molar-refractivity contribution >= 4 is 12.0 Å². The van der Waals surface area contributed by atoms with Gasteiger partial charge in [-0.1, -0.05) is 0 Å². The van der Waals surface area contributed by atoms with Crippen LogP contribution in [-0.4, -0.2) is 18.6 Å². The molecule has 1 aromatic heterocycles. The minimum atomic E-state index is -0.700. The van der Waals surface area contributed by atoms with Gasteiger partial charge in [-0.3, -0.25) is 10.2 Å². The van der Waals surface area contributed by atoms with Crippen LogP contribution in [-0.2, 0) is 4.74 Å². The summed E-state index contributed by atoms with van der Waals surface area (Å²) in [6, 6.07) is 1.59. The molecule has 0 aliphatic rings. The van der Waals surface area contributed by atoms with Crippen LogP contribution in [0.3, 0.4) is 0 Å². The van der Waals surface area contributed by atoms with Crippen molar-refractivity contribution in [3.05, 3.63) is 23.2 Å². The van der Waals surface area contributed by atoms with E-state index in [0.717, 1.165) is 0 Å². The van der Waals surface area contributed by atoms with Gasteiger partial charge in [0.05, 0.1) is 12.2 Å². The van der Waals surface area contributed by atoms with E-state index in [1.54, 1.807) is 26.8 Å². The molecule has 0 saturated heterocycles. The molecule has 2 amide bonds. The molecule has 0 radical (unpaired) electrons. The zero-order chi connectivity index (χ0) is 12.1. The quantitative estimate of drug-likeness (QED) is 0.744. The van der Waals surface area contributed by atoms with Gasteiger partial charge in [-0.05, 0) is 26.8 Å². The fourth-order valence-electron chi connectivity index (χ4n) is 1.20. The summed E-state index contributed by atoms with van der Waals surface area (Å²) in [5.74, 6) is 0.696. The highest BCUT2D eigenvalue weighted by atomic mass is 16.5. The highest BCUT2D eigenvalue weighted by molar-refractivity contribution is 5.95. The minimum absolute atomic E-state index is 0.242. The molecule has 0 unspecified atom stereocenters. The van der Waals surface area contributed by atoms with Crippen molar-refractivity contribution in [1.82, 2.24) is 10.9 Å². The molecule has 0 aliphatic carbocycles. The summed E-state index contributed by atoms with van der Waals surface area (Å²) in [7, 11) is 0. The fourth-order valence-corrected chi connectivity index (χ4v) is 1.20. The molecule has 0 spiro atoms. The number of hydrogen-bond acceptors (Lipinski definition) is 4. The average Bonchev–Trinajstić information content (AvgIpc) is 2.55. The van der Waals surface area contributed by atoms with Crippen molar-refractivity contribution in [3.63, 3.8) is 0 Å². The normalized spacial score (nSPS) is 9.69. The van der Waals surface area contributed by atoms with E-state index in [9.17, 15) is 9.59 Å². The molecule has 16 heavy (non-hydrogen) atoms. The molecule has 6 nitrogen and oxygen atoms in total. The van der Waals surface area contributed by atoms with Gasteiger partial charge in [-0.25, -0.2) is 10.2 Å². The van der Waals surface area contributed by atoms with Crippen LogP contribution in [0.2, 0.25) is 0 Å². The standard InChI is InChI=1S/C10H14N2O4/c1-4-15-10(14)12-11-9(13)8-5-6(2)16-7(8)3/h5H,4H2,1-3H3,(H,11,13)(H,12,14). The van der Waals surface area contributed by atoms with E-state index in [4.69, 9.17) is 4.42 Å². The molecule has 1 heterocycles. The maximum atomic E-state index is 11.5. The number of carbonyl (C=O) groups is 2. The molecular weight excluding hydrogens is 212 g/mol. The molecule has 0 aromatic carbocycles. The number of carbonyl (C=O) groups excluding carboxylic acids is 2. The number of amides is 2. The van der Waals surface area contributed by atoms with Crippen LogP contribution in [0.4, 0.5) is 4.79 Å². The second-order valence-electron chi connectivity index (χ2n) is 3.13. The Morgan fingerprint density at radius 1 is 1.38 bits per heavy atom. The van der Waals surface area contributed by atoms with Gasteiger partial charge in [-0.2, -0.15) is 0 Å². The minimum Gasteiger partial charge on any atom is -0.466 e. The van der Waals surface area contributed by atoms with Crippen LogP contribution >= 0.6 is 0 Å². The summed E-state index contributed by atoms with van der Waals surface area (Å²) in [4.78, 5) is 22.4. The third-order valence-electron chi connectivity index (χ3n) is 1.84. The predicted molar refractivity (Wildman–Crippen MR) is 55.8 cm³/mol. The van der Waals surface area contributed by atoms with Gasteiger partial charge >= 0.3 is 6.09 Å². The SMILES string of the molecule is CCOC(=O)NNC(=O)c1cc(C)oc1C. The largest absolute Gasteiger partial charge is 0.466 e. The Kier molecular flexibility index (Phi) is 3.93. The summed E-state index contributed by atoms with van der Waals surface area (Å²) in [5, 5.41) is 0. The fraction of sp³-hybridized carbons (Fsp3) is 0.400. The van der Waals surface area contributed by atoms with Crippen molar-refractivity contribution in [2.24, 2.45) is 0 Å². The predicted octanol–water partition coefficient (Wildman–Crippen LogP) is 1.29. The van der Waals surface area contributed by atoms with Crippen LogP contribution in [0.5, 0.6) is 0 Å². The third kappa shape index (κ3) is 3.01. The number of ether oxygens (including phenoxy) is 1. The highest BCUT2D eigenvalue weighted by Crippen LogP contribution is 2.12. The Labute approximate surface area is 92.9 Å². The van der Waals surface area contributed by atoms with E-state index in [-0.39, 0.29) is 6.61 Å². The zero-order valence-electron chi connectivity index (χ0n) is 9.42. The second kappa shape index (κ2) is 5.20. The van der Waals surface area contributed by atoms with Gasteiger partial charge < -0.3 is 9.15 Å². The Morgan fingerprint density at radius 3 is 2.56 bits per heavy atom. The summed E-state index contributed by atoms with van der Waals surface area (Å²) >= 11 is 0. The molecule has 0 fully saturated rings. The van der Waals surface area contributed by atoms with Gasteiger partial charge in [0.25, 0.3) is 5.91 Å². The van der Waals surface area contributed by atoms with E-state index in [2.05, 4.69) is 15.6 Å². The van der Waals surface area contributed by atoms with Crippen LogP contribution in [0, 0.1) is 13.8 Å². The molecule has 1 rings (SSSR count). The highest BCUT2D eigenvalue weighted by Gasteiger charge is 2.13. The first-order valence-corrected chi connectivity index (χ1v) is 4.84. The molecule has 6 heteroatoms. The molecule has 2 N–H and O–H groups in total. The van der Waals surface area contributed by atoms with Gasteiger partial charge in [0.1, 0.15) is 11.5 Å². The number of hydrogen-bond donors (Lipinski definition) is 2. The maximum Gasteiger partial charge on any atom is 0.426 e. The molecule has 88 valence electrons. The lowest BCUT2D eigenvalue weighted by atomic mass is 10.2. The molecule has 1 aromatic rings. The third-order valence-corrected chi connectivity index (χ3v) is 1.84. The molecule has 0 atom stereocenters. The van der Waals surface area contributed by atoms with Crippen molar-refractivity contribution in [3.8, 4) is 0 Å². The Morgan fingerprint density at radius 2 is 2.06 bits per heavy atom. The number of nitrogens with one attached hydrogen (secondary N) is 2. The molecule has 0 bridgehead atoms. The monoisotopic (exact) mass is 226 g/mol. The van der Waals surface area contributed by atoms with Crippen LogP contribution < -0.4 is 10.9 Å². The lowest BCUT2D eigenvalue weighted by molar-refractivity contribution is 0.0911. The van der Waals surface area contributed by atoms with Crippen LogP contribution in [0.15, 0.2) is 10.5 Å². The summed E-state index contributed by atoms with van der Waals surface area (Å²) in [5.41, 5.74) is 4.71. The van der Waals surface area contributed by atoms with E-state index in [1.165, 1.54) is 0 Å². The second-order valence-corrected chi connectivity index (χ2v) is 3.13. The van der Waals surface area contributed by atoms with Crippen molar-refractivity contribution in [2.75, 3.05) is 6.61 Å². The molecular formula is C10H14N2O4. The summed E-state index contributed by atoms with van der Waals surface area (Å²) in [6.45, 7) is 5.32. The van der Waals surface area contributed by atoms with Gasteiger partial charge in [-0.15, -0.1) is 0 Å². The van der Waals surface area contributed by atoms with E-state index in [0.29, 0.717) is 17.1 Å². The van der Waals surface area contributed by atoms with Crippen molar-refractivity contribution in [1.29, 1.82) is 0 Å². The molecule has 0 aliphatic heterocycles. The Hall–Kier alpha value is -1.98. The number of hydrazine groups is 1. The Balaban J connectivity index is 2.53. The average molecular weight is 226 g/mol. The Bertz CT molecular complexity index is 398. The maximum absolute atomic E-state index is 11.5. The lowest BCUT2D eigenvalue weighted by Gasteiger charge is -2.05. The first-order valence-electron chi connectivity index (χ1n) is 4.84. The molecule has 0 saturated carbocycles. The number of furan rings is 1. The first kappa shape index (κ1) is 12.1. The van der Waals surface area contributed by atoms with Crippen LogP contribution in [0.25, 0.3) is 0 Å². The topological polar surface area (TPSA) is 80.6 Å². The van der Waals surface area contributed by atoms with Gasteiger partial charge in [0.2, 0.25) is 0 Å². The van der Waals surface area contributed by atoms with E-state index in [1.807, 2.05) is 0 Å². The number of aryl methyl sites for hydroxylation is 2. The zero-order valence-corrected chi connectivity index (χ0v) is 9.42. The number of rotatable bonds is 2. The lowest BCUT2D eigenvalue weighted by Crippen LogP contribution is -2.42. The van der Waals surface area contributed by atoms with Gasteiger partial charge in [0, 0.05) is 0 Å². The first-order chi connectivity index (χ1) is 7.54.